The van der Waals surface area contributed by atoms with Crippen LogP contribution in [-0.2, 0) is 23.2 Å². The molecule has 0 saturated carbocycles. The second-order valence-electron chi connectivity index (χ2n) is 6.08. The lowest BCUT2D eigenvalue weighted by atomic mass is 10.2. The van der Waals surface area contributed by atoms with Crippen LogP contribution in [0.1, 0.15) is 26.6 Å². The summed E-state index contributed by atoms with van der Waals surface area (Å²) in [6, 6.07) is 7.10. The van der Waals surface area contributed by atoms with Gasteiger partial charge in [0.2, 0.25) is 0 Å². The molecule has 1 aromatic carbocycles. The van der Waals surface area contributed by atoms with Gasteiger partial charge in [0.25, 0.3) is 0 Å². The molecule has 24 heavy (non-hydrogen) atoms. The van der Waals surface area contributed by atoms with E-state index in [2.05, 4.69) is 10.2 Å². The number of aromatic nitrogens is 3. The van der Waals surface area contributed by atoms with Crippen LogP contribution < -0.4 is 4.74 Å². The van der Waals surface area contributed by atoms with Gasteiger partial charge in [-0.2, -0.15) is 0 Å². The smallest absolute Gasteiger partial charge is 0.316 e. The molecule has 0 bridgehead atoms. The van der Waals surface area contributed by atoms with Crippen LogP contribution in [0.5, 0.6) is 5.75 Å². The molecule has 2 rings (SSSR count). The molecule has 0 N–H and O–H groups in total. The first-order valence-electron chi connectivity index (χ1n) is 7.36. The Labute approximate surface area is 150 Å². The van der Waals surface area contributed by atoms with Gasteiger partial charge in [0.1, 0.15) is 18.0 Å². The molecule has 130 valence electrons. The van der Waals surface area contributed by atoms with E-state index in [0.29, 0.717) is 21.8 Å². The maximum atomic E-state index is 11.8. The fraction of sp³-hybridized carbons (Fsp3) is 0.438. The maximum absolute atomic E-state index is 11.8. The summed E-state index contributed by atoms with van der Waals surface area (Å²) >= 11 is 7.12. The quantitative estimate of drug-likeness (QED) is 0.573. The molecule has 1 aromatic heterocycles. The van der Waals surface area contributed by atoms with Gasteiger partial charge in [-0.05, 0) is 45.0 Å². The molecule has 0 fully saturated rings. The van der Waals surface area contributed by atoms with Gasteiger partial charge >= 0.3 is 5.97 Å². The molecule has 0 unspecified atom stereocenters. The third kappa shape index (κ3) is 5.72. The van der Waals surface area contributed by atoms with Crippen molar-refractivity contribution in [1.82, 2.24) is 14.8 Å². The zero-order chi connectivity index (χ0) is 17.7. The van der Waals surface area contributed by atoms with Gasteiger partial charge in [-0.15, -0.1) is 10.2 Å². The van der Waals surface area contributed by atoms with Gasteiger partial charge in [-0.1, -0.05) is 23.4 Å². The first-order chi connectivity index (χ1) is 11.2. The number of benzene rings is 1. The molecular weight excluding hydrogens is 350 g/mol. The van der Waals surface area contributed by atoms with Crippen LogP contribution in [-0.4, -0.2) is 32.1 Å². The van der Waals surface area contributed by atoms with E-state index >= 15 is 0 Å². The lowest BCUT2D eigenvalue weighted by Crippen LogP contribution is -2.25. The molecule has 8 heteroatoms. The average Bonchev–Trinajstić information content (AvgIpc) is 2.83. The number of esters is 1. The lowest BCUT2D eigenvalue weighted by Gasteiger charge is -2.19. The highest BCUT2D eigenvalue weighted by Crippen LogP contribution is 2.19. The molecule has 0 radical (unpaired) electrons. The van der Waals surface area contributed by atoms with Gasteiger partial charge in [0, 0.05) is 12.1 Å². The van der Waals surface area contributed by atoms with E-state index in [-0.39, 0.29) is 18.3 Å². The Balaban J connectivity index is 1.88. The molecule has 0 aliphatic carbocycles. The van der Waals surface area contributed by atoms with Crippen molar-refractivity contribution in [3.05, 3.63) is 35.1 Å². The van der Waals surface area contributed by atoms with Gasteiger partial charge in [0.15, 0.2) is 11.0 Å². The monoisotopic (exact) mass is 369 g/mol. The summed E-state index contributed by atoms with van der Waals surface area (Å²) in [5.41, 5.74) is -0.491. The lowest BCUT2D eigenvalue weighted by molar-refractivity contribution is -0.151. The minimum absolute atomic E-state index is 0.182. The number of halogens is 1. The Morgan fingerprint density at radius 1 is 1.25 bits per heavy atom. The maximum Gasteiger partial charge on any atom is 0.316 e. The summed E-state index contributed by atoms with van der Waals surface area (Å²) in [7, 11) is 1.83. The number of carbonyl (C=O) groups excluding carboxylic acids is 1. The third-order valence-corrected chi connectivity index (χ3v) is 4.09. The summed E-state index contributed by atoms with van der Waals surface area (Å²) in [5.74, 6) is 1.26. The van der Waals surface area contributed by atoms with Crippen LogP contribution >= 0.6 is 23.4 Å². The molecule has 6 nitrogen and oxygen atoms in total. The minimum Gasteiger partial charge on any atom is -0.486 e. The second-order valence-corrected chi connectivity index (χ2v) is 7.45. The number of hydrogen-bond donors (Lipinski definition) is 0. The summed E-state index contributed by atoms with van der Waals surface area (Å²) in [6.07, 6.45) is 0. The highest BCUT2D eigenvalue weighted by atomic mass is 35.5. The molecule has 2 aromatic rings. The number of thioether (sulfide) groups is 1. The van der Waals surface area contributed by atoms with Crippen LogP contribution in [0.25, 0.3) is 0 Å². The number of hydrogen-bond acceptors (Lipinski definition) is 6. The van der Waals surface area contributed by atoms with E-state index in [9.17, 15) is 4.79 Å². The number of carbonyl (C=O) groups is 1. The summed E-state index contributed by atoms with van der Waals surface area (Å²) < 4.78 is 12.7. The Morgan fingerprint density at radius 3 is 2.54 bits per heavy atom. The fourth-order valence-corrected chi connectivity index (χ4v) is 2.60. The zero-order valence-corrected chi connectivity index (χ0v) is 15.6. The van der Waals surface area contributed by atoms with Crippen molar-refractivity contribution in [3.8, 4) is 5.75 Å². The van der Waals surface area contributed by atoms with Gasteiger partial charge < -0.3 is 14.0 Å². The molecule has 0 saturated heterocycles. The molecular formula is C16H20ClN3O3S. The van der Waals surface area contributed by atoms with E-state index in [1.807, 2.05) is 27.8 Å². The molecule has 0 spiro atoms. The van der Waals surface area contributed by atoms with Crippen molar-refractivity contribution >= 4 is 29.3 Å². The van der Waals surface area contributed by atoms with Crippen LogP contribution in [0.4, 0.5) is 0 Å². The number of nitrogens with zero attached hydrogens (tertiary/aromatic N) is 3. The summed E-state index contributed by atoms with van der Waals surface area (Å²) in [6.45, 7) is 5.79. The predicted molar refractivity (Wildman–Crippen MR) is 93.4 cm³/mol. The Bertz CT molecular complexity index is 696. The summed E-state index contributed by atoms with van der Waals surface area (Å²) in [4.78, 5) is 11.8. The Kier molecular flexibility index (Phi) is 6.12. The predicted octanol–water partition coefficient (Wildman–Crippen LogP) is 3.48. The van der Waals surface area contributed by atoms with Gasteiger partial charge in [-0.3, -0.25) is 4.79 Å². The molecule has 0 aliphatic heterocycles. The molecule has 0 atom stereocenters. The average molecular weight is 370 g/mol. The Hall–Kier alpha value is -1.73. The van der Waals surface area contributed by atoms with Crippen molar-refractivity contribution in [2.24, 2.45) is 7.05 Å². The highest BCUT2D eigenvalue weighted by molar-refractivity contribution is 7.99. The van der Waals surface area contributed by atoms with E-state index in [4.69, 9.17) is 21.1 Å². The van der Waals surface area contributed by atoms with Crippen LogP contribution in [0.2, 0.25) is 5.02 Å². The van der Waals surface area contributed by atoms with Crippen LogP contribution in [0.3, 0.4) is 0 Å². The van der Waals surface area contributed by atoms with Crippen LogP contribution in [0.15, 0.2) is 29.4 Å². The molecule has 0 amide bonds. The zero-order valence-electron chi connectivity index (χ0n) is 14.1. The van der Waals surface area contributed by atoms with Crippen molar-refractivity contribution < 1.29 is 14.3 Å². The van der Waals surface area contributed by atoms with E-state index in [0.717, 1.165) is 0 Å². The van der Waals surface area contributed by atoms with Crippen molar-refractivity contribution in [2.45, 2.75) is 38.1 Å². The largest absolute Gasteiger partial charge is 0.486 e. The first kappa shape index (κ1) is 18.6. The number of rotatable bonds is 6. The van der Waals surface area contributed by atoms with Crippen molar-refractivity contribution in [1.29, 1.82) is 0 Å². The molecule has 1 heterocycles. The Morgan fingerprint density at radius 2 is 1.92 bits per heavy atom. The van der Waals surface area contributed by atoms with Crippen LogP contribution in [0, 0.1) is 0 Å². The van der Waals surface area contributed by atoms with Crippen molar-refractivity contribution in [2.75, 3.05) is 5.75 Å². The normalized spacial score (nSPS) is 11.4. The van der Waals surface area contributed by atoms with Gasteiger partial charge in [0.05, 0.1) is 5.75 Å². The third-order valence-electron chi connectivity index (χ3n) is 2.85. The van der Waals surface area contributed by atoms with E-state index < -0.39 is 5.60 Å². The standard InChI is InChI=1S/C16H20ClN3O3S/c1-16(2,3)23-14(21)10-24-15-19-18-13(20(15)4)9-22-12-7-5-11(17)6-8-12/h5-8H,9-10H2,1-4H3. The topological polar surface area (TPSA) is 66.2 Å². The summed E-state index contributed by atoms with van der Waals surface area (Å²) in [5, 5.41) is 9.46. The number of ether oxygens (including phenoxy) is 2. The second kappa shape index (κ2) is 7.90. The van der Waals surface area contributed by atoms with E-state index in [1.54, 1.807) is 28.8 Å². The van der Waals surface area contributed by atoms with E-state index in [1.165, 1.54) is 11.8 Å². The SMILES string of the molecule is Cn1c(COc2ccc(Cl)cc2)nnc1SCC(=O)OC(C)(C)C. The fourth-order valence-electron chi connectivity index (χ4n) is 1.77. The first-order valence-corrected chi connectivity index (χ1v) is 8.72. The minimum atomic E-state index is -0.491. The molecule has 0 aliphatic rings. The van der Waals surface area contributed by atoms with Crippen molar-refractivity contribution in [3.63, 3.8) is 0 Å². The van der Waals surface area contributed by atoms with Gasteiger partial charge in [-0.25, -0.2) is 0 Å². The highest BCUT2D eigenvalue weighted by Gasteiger charge is 2.18.